The molecule has 0 spiro atoms. The summed E-state index contributed by atoms with van der Waals surface area (Å²) in [4.78, 5) is 0. The Morgan fingerprint density at radius 2 is 1.80 bits per heavy atom. The molecular weight excluding hydrogens is 214 g/mol. The Morgan fingerprint density at radius 1 is 1.20 bits per heavy atom. The molecule has 0 saturated heterocycles. The third kappa shape index (κ3) is 6.12. The summed E-state index contributed by atoms with van der Waals surface area (Å²) in [6.45, 7) is 9.67. The molecule has 5 heteroatoms. The molecule has 0 aromatic carbocycles. The molecular formula is C10H23NO3S. The van der Waals surface area contributed by atoms with Crippen molar-refractivity contribution in [3.05, 3.63) is 0 Å². The largest absolute Gasteiger partial charge is 0.379 e. The number of rotatable bonds is 7. The average Bonchev–Trinajstić information content (AvgIpc) is 2.09. The Balaban J connectivity index is 3.69. The van der Waals surface area contributed by atoms with Crippen LogP contribution in [0, 0.1) is 0 Å². The van der Waals surface area contributed by atoms with Gasteiger partial charge in [-0.05, 0) is 27.3 Å². The predicted octanol–water partition coefficient (Wildman–Crippen LogP) is 0.826. The van der Waals surface area contributed by atoms with Crippen molar-refractivity contribution in [1.82, 2.24) is 5.32 Å². The van der Waals surface area contributed by atoms with Crippen LogP contribution < -0.4 is 5.32 Å². The molecule has 15 heavy (non-hydrogen) atoms. The quantitative estimate of drug-likeness (QED) is 0.666. The van der Waals surface area contributed by atoms with Crippen molar-refractivity contribution in [1.29, 1.82) is 0 Å². The first-order chi connectivity index (χ1) is 6.81. The molecule has 0 aromatic heterocycles. The van der Waals surface area contributed by atoms with Crippen LogP contribution in [0.25, 0.3) is 0 Å². The van der Waals surface area contributed by atoms with Gasteiger partial charge in [0.1, 0.15) is 0 Å². The average molecular weight is 237 g/mol. The molecule has 0 atom stereocenters. The molecule has 0 bridgehead atoms. The topological polar surface area (TPSA) is 55.4 Å². The van der Waals surface area contributed by atoms with E-state index in [1.165, 1.54) is 0 Å². The van der Waals surface area contributed by atoms with E-state index in [1.54, 1.807) is 20.8 Å². The Morgan fingerprint density at radius 3 is 2.27 bits per heavy atom. The van der Waals surface area contributed by atoms with E-state index in [1.807, 2.05) is 6.92 Å². The highest BCUT2D eigenvalue weighted by Gasteiger charge is 2.28. The lowest BCUT2D eigenvalue weighted by atomic mass is 10.3. The van der Waals surface area contributed by atoms with Crippen LogP contribution in [0.1, 0.15) is 27.7 Å². The van der Waals surface area contributed by atoms with Crippen molar-refractivity contribution < 1.29 is 13.2 Å². The first kappa shape index (κ1) is 14.9. The smallest absolute Gasteiger partial charge is 0.157 e. The van der Waals surface area contributed by atoms with Gasteiger partial charge in [0.15, 0.2) is 9.84 Å². The van der Waals surface area contributed by atoms with Crippen LogP contribution in [0.4, 0.5) is 0 Å². The van der Waals surface area contributed by atoms with Crippen LogP contribution in [0.5, 0.6) is 0 Å². The highest BCUT2D eigenvalue weighted by atomic mass is 32.2. The van der Waals surface area contributed by atoms with Gasteiger partial charge < -0.3 is 10.1 Å². The fourth-order valence-electron chi connectivity index (χ4n) is 0.898. The second kappa shape index (κ2) is 6.45. The van der Waals surface area contributed by atoms with Crippen LogP contribution in [-0.4, -0.2) is 45.2 Å². The standard InChI is InChI=1S/C10H23NO3S/c1-5-11-6-7-14-8-9-15(12,13)10(2,3)4/h11H,5-9H2,1-4H3. The Bertz CT molecular complexity index is 254. The van der Waals surface area contributed by atoms with Gasteiger partial charge in [-0.3, -0.25) is 0 Å². The Kier molecular flexibility index (Phi) is 6.40. The summed E-state index contributed by atoms with van der Waals surface area (Å²) < 4.78 is 27.8. The zero-order chi connectivity index (χ0) is 11.9. The van der Waals surface area contributed by atoms with Crippen LogP contribution in [-0.2, 0) is 14.6 Å². The summed E-state index contributed by atoms with van der Waals surface area (Å²) in [7, 11) is -3.04. The van der Waals surface area contributed by atoms with E-state index in [2.05, 4.69) is 5.32 Å². The second-order valence-corrected chi connectivity index (χ2v) is 7.26. The van der Waals surface area contributed by atoms with Crippen molar-refractivity contribution >= 4 is 9.84 Å². The molecule has 0 saturated carbocycles. The first-order valence-corrected chi connectivity index (χ1v) is 6.97. The second-order valence-electron chi connectivity index (χ2n) is 4.40. The molecule has 0 rings (SSSR count). The normalized spacial score (nSPS) is 13.1. The van der Waals surface area contributed by atoms with Gasteiger partial charge in [0.05, 0.1) is 23.7 Å². The molecule has 92 valence electrons. The molecule has 0 fully saturated rings. The van der Waals surface area contributed by atoms with Crippen LogP contribution in [0.3, 0.4) is 0 Å². The maximum absolute atomic E-state index is 11.6. The minimum absolute atomic E-state index is 0.0998. The zero-order valence-corrected chi connectivity index (χ0v) is 11.0. The lowest BCUT2D eigenvalue weighted by Crippen LogP contribution is -2.32. The third-order valence-corrected chi connectivity index (χ3v) is 4.67. The maximum atomic E-state index is 11.6. The van der Waals surface area contributed by atoms with Crippen molar-refractivity contribution in [3.63, 3.8) is 0 Å². The molecule has 0 heterocycles. The number of hydrogen-bond acceptors (Lipinski definition) is 4. The number of likely N-dealkylation sites (N-methyl/N-ethyl adjacent to an activating group) is 1. The summed E-state index contributed by atoms with van der Waals surface area (Å²) in [5, 5.41) is 3.10. The first-order valence-electron chi connectivity index (χ1n) is 5.32. The molecule has 0 aliphatic heterocycles. The fourth-order valence-corrected chi connectivity index (χ4v) is 1.85. The lowest BCUT2D eigenvalue weighted by molar-refractivity contribution is 0.151. The van der Waals surface area contributed by atoms with Crippen molar-refractivity contribution in [3.8, 4) is 0 Å². The maximum Gasteiger partial charge on any atom is 0.157 e. The van der Waals surface area contributed by atoms with Gasteiger partial charge in [-0.1, -0.05) is 6.92 Å². The zero-order valence-electron chi connectivity index (χ0n) is 10.2. The summed E-state index contributed by atoms with van der Waals surface area (Å²) in [5.41, 5.74) is 0. The van der Waals surface area contributed by atoms with E-state index in [0.717, 1.165) is 13.1 Å². The summed E-state index contributed by atoms with van der Waals surface area (Å²) in [5.74, 6) is 0.0998. The van der Waals surface area contributed by atoms with Gasteiger partial charge in [-0.2, -0.15) is 0 Å². The number of hydrogen-bond donors (Lipinski definition) is 1. The number of nitrogens with one attached hydrogen (secondary N) is 1. The van der Waals surface area contributed by atoms with Gasteiger partial charge in [-0.25, -0.2) is 8.42 Å². The SMILES string of the molecule is CCNCCOCCS(=O)(=O)C(C)(C)C. The molecule has 0 aromatic rings. The highest BCUT2D eigenvalue weighted by Crippen LogP contribution is 2.15. The summed E-state index contributed by atoms with van der Waals surface area (Å²) in [6.07, 6.45) is 0. The monoisotopic (exact) mass is 237 g/mol. The van der Waals surface area contributed by atoms with Crippen molar-refractivity contribution in [2.24, 2.45) is 0 Å². The van der Waals surface area contributed by atoms with Gasteiger partial charge in [0, 0.05) is 6.54 Å². The van der Waals surface area contributed by atoms with Gasteiger partial charge in [-0.15, -0.1) is 0 Å². The molecule has 0 amide bonds. The Labute approximate surface area is 93.3 Å². The third-order valence-electron chi connectivity index (χ3n) is 2.10. The molecule has 1 N–H and O–H groups in total. The van der Waals surface area contributed by atoms with Crippen LogP contribution >= 0.6 is 0 Å². The van der Waals surface area contributed by atoms with Crippen molar-refractivity contribution in [2.75, 3.05) is 32.1 Å². The molecule has 4 nitrogen and oxygen atoms in total. The summed E-state index contributed by atoms with van der Waals surface area (Å²) in [6, 6.07) is 0. The minimum Gasteiger partial charge on any atom is -0.379 e. The van der Waals surface area contributed by atoms with Gasteiger partial charge in [0.2, 0.25) is 0 Å². The fraction of sp³-hybridized carbons (Fsp3) is 1.00. The molecule has 0 radical (unpaired) electrons. The molecule has 0 unspecified atom stereocenters. The van der Waals surface area contributed by atoms with E-state index in [-0.39, 0.29) is 12.4 Å². The van der Waals surface area contributed by atoms with E-state index < -0.39 is 14.6 Å². The molecule has 0 aliphatic rings. The van der Waals surface area contributed by atoms with E-state index in [0.29, 0.717) is 6.61 Å². The lowest BCUT2D eigenvalue weighted by Gasteiger charge is -2.18. The number of sulfone groups is 1. The minimum atomic E-state index is -3.04. The highest BCUT2D eigenvalue weighted by molar-refractivity contribution is 7.92. The van der Waals surface area contributed by atoms with Crippen LogP contribution in [0.2, 0.25) is 0 Å². The molecule has 0 aliphatic carbocycles. The van der Waals surface area contributed by atoms with E-state index >= 15 is 0 Å². The predicted molar refractivity (Wildman–Crippen MR) is 62.9 cm³/mol. The van der Waals surface area contributed by atoms with Gasteiger partial charge in [0.25, 0.3) is 0 Å². The van der Waals surface area contributed by atoms with Crippen molar-refractivity contribution in [2.45, 2.75) is 32.4 Å². The summed E-state index contributed by atoms with van der Waals surface area (Å²) >= 11 is 0. The number of ether oxygens (including phenoxy) is 1. The van der Waals surface area contributed by atoms with Crippen LogP contribution in [0.15, 0.2) is 0 Å². The Hall–Kier alpha value is -0.130. The van der Waals surface area contributed by atoms with E-state index in [4.69, 9.17) is 4.74 Å². The van der Waals surface area contributed by atoms with E-state index in [9.17, 15) is 8.42 Å². The van der Waals surface area contributed by atoms with Gasteiger partial charge >= 0.3 is 0 Å².